The molecular weight excluding hydrogens is 196 g/mol. The molecule has 1 aliphatic heterocycles. The van der Waals surface area contributed by atoms with Crippen LogP contribution in [0.4, 0.5) is 0 Å². The van der Waals surface area contributed by atoms with Crippen LogP contribution in [-0.2, 0) is 19.0 Å². The molecule has 1 fully saturated rings. The van der Waals surface area contributed by atoms with E-state index < -0.39 is 11.4 Å². The minimum absolute atomic E-state index is 0.174. The number of hydrogen-bond donors (Lipinski definition) is 0. The van der Waals surface area contributed by atoms with Crippen LogP contribution in [0.25, 0.3) is 0 Å². The van der Waals surface area contributed by atoms with E-state index in [-0.39, 0.29) is 12.6 Å². The van der Waals surface area contributed by atoms with Gasteiger partial charge in [-0.05, 0) is 27.2 Å². The topological polar surface area (TPSA) is 44.8 Å². The zero-order chi connectivity index (χ0) is 11.5. The van der Waals surface area contributed by atoms with E-state index in [4.69, 9.17) is 14.2 Å². The van der Waals surface area contributed by atoms with Gasteiger partial charge in [0.25, 0.3) is 0 Å². The van der Waals surface area contributed by atoms with Gasteiger partial charge in [0.15, 0.2) is 5.79 Å². The van der Waals surface area contributed by atoms with Crippen LogP contribution in [0.15, 0.2) is 0 Å². The van der Waals surface area contributed by atoms with Crippen molar-refractivity contribution in [1.29, 1.82) is 0 Å². The Balaban J connectivity index is 2.36. The molecule has 1 aliphatic rings. The molecular formula is C11H20O4. The maximum absolute atomic E-state index is 11.2. The van der Waals surface area contributed by atoms with Crippen LogP contribution in [0.3, 0.4) is 0 Å². The van der Waals surface area contributed by atoms with Gasteiger partial charge in [0.1, 0.15) is 12.2 Å². The first-order chi connectivity index (χ1) is 6.87. The molecule has 0 bridgehead atoms. The monoisotopic (exact) mass is 216 g/mol. The SMILES string of the molecule is CCCC(=O)OCC1(C)COC(C)(C)O1. The Kier molecular flexibility index (Phi) is 3.73. The van der Waals surface area contributed by atoms with Crippen LogP contribution in [0.5, 0.6) is 0 Å². The minimum atomic E-state index is -0.577. The Morgan fingerprint density at radius 3 is 2.53 bits per heavy atom. The smallest absolute Gasteiger partial charge is 0.305 e. The van der Waals surface area contributed by atoms with Crippen LogP contribution in [-0.4, -0.2) is 30.6 Å². The normalized spacial score (nSPS) is 29.1. The lowest BCUT2D eigenvalue weighted by Crippen LogP contribution is -2.36. The van der Waals surface area contributed by atoms with E-state index in [2.05, 4.69) is 0 Å². The highest BCUT2D eigenvalue weighted by Gasteiger charge is 2.42. The van der Waals surface area contributed by atoms with E-state index >= 15 is 0 Å². The van der Waals surface area contributed by atoms with Crippen molar-refractivity contribution < 1.29 is 19.0 Å². The van der Waals surface area contributed by atoms with Crippen molar-refractivity contribution in [1.82, 2.24) is 0 Å². The van der Waals surface area contributed by atoms with Gasteiger partial charge in [0, 0.05) is 6.42 Å². The number of rotatable bonds is 4. The van der Waals surface area contributed by atoms with Crippen molar-refractivity contribution in [3.63, 3.8) is 0 Å². The molecule has 1 atom stereocenters. The van der Waals surface area contributed by atoms with Gasteiger partial charge in [-0.2, -0.15) is 0 Å². The summed E-state index contributed by atoms with van der Waals surface area (Å²) >= 11 is 0. The van der Waals surface area contributed by atoms with Gasteiger partial charge in [-0.25, -0.2) is 0 Å². The molecule has 88 valence electrons. The van der Waals surface area contributed by atoms with Gasteiger partial charge in [-0.15, -0.1) is 0 Å². The fourth-order valence-corrected chi connectivity index (χ4v) is 1.56. The van der Waals surface area contributed by atoms with Crippen molar-refractivity contribution in [2.45, 2.75) is 51.9 Å². The first-order valence-electron chi connectivity index (χ1n) is 5.37. The van der Waals surface area contributed by atoms with Gasteiger partial charge in [0.05, 0.1) is 6.61 Å². The average Bonchev–Trinajstić information content (AvgIpc) is 2.39. The molecule has 0 aliphatic carbocycles. The third kappa shape index (κ3) is 3.80. The third-order valence-corrected chi connectivity index (χ3v) is 2.21. The predicted molar refractivity (Wildman–Crippen MR) is 55.4 cm³/mol. The van der Waals surface area contributed by atoms with E-state index in [1.165, 1.54) is 0 Å². The first kappa shape index (κ1) is 12.5. The molecule has 1 saturated heterocycles. The number of hydrogen-bond acceptors (Lipinski definition) is 4. The van der Waals surface area contributed by atoms with Crippen LogP contribution in [0.2, 0.25) is 0 Å². The summed E-state index contributed by atoms with van der Waals surface area (Å²) in [6.07, 6.45) is 1.26. The zero-order valence-electron chi connectivity index (χ0n) is 9.96. The second-order valence-corrected chi connectivity index (χ2v) is 4.65. The maximum Gasteiger partial charge on any atom is 0.305 e. The number of carbonyl (C=O) groups excluding carboxylic acids is 1. The third-order valence-electron chi connectivity index (χ3n) is 2.21. The molecule has 4 nitrogen and oxygen atoms in total. The summed E-state index contributed by atoms with van der Waals surface area (Å²) in [5.74, 6) is -0.752. The summed E-state index contributed by atoms with van der Waals surface area (Å²) in [4.78, 5) is 11.2. The Morgan fingerprint density at radius 1 is 1.40 bits per heavy atom. The molecule has 0 saturated carbocycles. The molecule has 0 N–H and O–H groups in total. The molecule has 0 aromatic heterocycles. The van der Waals surface area contributed by atoms with Crippen LogP contribution in [0, 0.1) is 0 Å². The summed E-state index contributed by atoms with van der Waals surface area (Å²) in [6.45, 7) is 8.26. The molecule has 0 aromatic rings. The molecule has 4 heteroatoms. The second-order valence-electron chi connectivity index (χ2n) is 4.65. The number of carbonyl (C=O) groups is 1. The standard InChI is InChI=1S/C11H20O4/c1-5-6-9(12)13-7-11(4)8-14-10(2,3)15-11/h5-8H2,1-4H3. The van der Waals surface area contributed by atoms with E-state index in [1.807, 2.05) is 27.7 Å². The number of ether oxygens (including phenoxy) is 3. The average molecular weight is 216 g/mol. The van der Waals surface area contributed by atoms with Crippen LogP contribution >= 0.6 is 0 Å². The fourth-order valence-electron chi connectivity index (χ4n) is 1.56. The molecule has 0 spiro atoms. The van der Waals surface area contributed by atoms with E-state index in [1.54, 1.807) is 0 Å². The van der Waals surface area contributed by atoms with Crippen molar-refractivity contribution in [2.75, 3.05) is 13.2 Å². The summed E-state index contributed by atoms with van der Waals surface area (Å²) in [5, 5.41) is 0. The van der Waals surface area contributed by atoms with Gasteiger partial charge in [-0.1, -0.05) is 6.92 Å². The Morgan fingerprint density at radius 2 is 2.07 bits per heavy atom. The Bertz CT molecular complexity index is 237. The summed E-state index contributed by atoms with van der Waals surface area (Å²) in [5.41, 5.74) is -0.507. The minimum Gasteiger partial charge on any atom is -0.463 e. The lowest BCUT2D eigenvalue weighted by Gasteiger charge is -2.24. The summed E-state index contributed by atoms with van der Waals surface area (Å²) < 4.78 is 16.2. The van der Waals surface area contributed by atoms with Gasteiger partial charge < -0.3 is 14.2 Å². The van der Waals surface area contributed by atoms with E-state index in [0.717, 1.165) is 6.42 Å². The molecule has 1 unspecified atom stereocenters. The highest BCUT2D eigenvalue weighted by molar-refractivity contribution is 5.69. The highest BCUT2D eigenvalue weighted by Crippen LogP contribution is 2.30. The highest BCUT2D eigenvalue weighted by atomic mass is 16.8. The molecule has 1 rings (SSSR count). The molecule has 15 heavy (non-hydrogen) atoms. The van der Waals surface area contributed by atoms with Gasteiger partial charge in [0.2, 0.25) is 0 Å². The van der Waals surface area contributed by atoms with Gasteiger partial charge in [-0.3, -0.25) is 4.79 Å². The van der Waals surface area contributed by atoms with Crippen molar-refractivity contribution in [3.8, 4) is 0 Å². The van der Waals surface area contributed by atoms with E-state index in [0.29, 0.717) is 13.0 Å². The molecule has 0 amide bonds. The second kappa shape index (κ2) is 4.49. The van der Waals surface area contributed by atoms with Crippen LogP contribution < -0.4 is 0 Å². The largest absolute Gasteiger partial charge is 0.463 e. The maximum atomic E-state index is 11.2. The lowest BCUT2D eigenvalue weighted by atomic mass is 10.1. The summed E-state index contributed by atoms with van der Waals surface area (Å²) in [6, 6.07) is 0. The summed E-state index contributed by atoms with van der Waals surface area (Å²) in [7, 11) is 0. The van der Waals surface area contributed by atoms with Crippen molar-refractivity contribution in [2.24, 2.45) is 0 Å². The number of esters is 1. The predicted octanol–water partition coefficient (Wildman–Crippen LogP) is 1.87. The van der Waals surface area contributed by atoms with E-state index in [9.17, 15) is 4.79 Å². The quantitative estimate of drug-likeness (QED) is 0.673. The Labute approximate surface area is 90.9 Å². The first-order valence-corrected chi connectivity index (χ1v) is 5.37. The molecule has 0 radical (unpaired) electrons. The fraction of sp³-hybridized carbons (Fsp3) is 0.909. The van der Waals surface area contributed by atoms with Crippen LogP contribution in [0.1, 0.15) is 40.5 Å². The van der Waals surface area contributed by atoms with Crippen molar-refractivity contribution in [3.05, 3.63) is 0 Å². The molecule has 1 heterocycles. The van der Waals surface area contributed by atoms with Gasteiger partial charge >= 0.3 is 5.97 Å². The van der Waals surface area contributed by atoms with Crippen molar-refractivity contribution >= 4 is 5.97 Å². The zero-order valence-corrected chi connectivity index (χ0v) is 9.96. The Hall–Kier alpha value is -0.610. The molecule has 0 aromatic carbocycles. The lowest BCUT2D eigenvalue weighted by molar-refractivity contribution is -0.175.